The standard InChI is InChI=1S/C17H23NO/c1-3-7-15(8-4-1)9-10-16-18-14-13-17(19-16)11-5-2-6-12-17/h1,3-4,7-8H,2,5-6,9-14H2. The van der Waals surface area contributed by atoms with Crippen molar-refractivity contribution in [3.63, 3.8) is 0 Å². The Kier molecular flexibility index (Phi) is 3.86. The van der Waals surface area contributed by atoms with Gasteiger partial charge in [-0.05, 0) is 37.7 Å². The average molecular weight is 257 g/mol. The summed E-state index contributed by atoms with van der Waals surface area (Å²) in [4.78, 5) is 4.59. The van der Waals surface area contributed by atoms with Crippen LogP contribution in [-0.4, -0.2) is 18.0 Å². The Bertz CT molecular complexity index is 432. The van der Waals surface area contributed by atoms with Crippen molar-refractivity contribution < 1.29 is 4.74 Å². The van der Waals surface area contributed by atoms with E-state index < -0.39 is 0 Å². The van der Waals surface area contributed by atoms with Crippen molar-refractivity contribution in [2.75, 3.05) is 6.54 Å². The zero-order valence-corrected chi connectivity index (χ0v) is 11.6. The van der Waals surface area contributed by atoms with Crippen LogP contribution in [0.5, 0.6) is 0 Å². The number of aliphatic imine (C=N–C) groups is 1. The van der Waals surface area contributed by atoms with Gasteiger partial charge in [0.2, 0.25) is 0 Å². The smallest absolute Gasteiger partial charge is 0.184 e. The summed E-state index contributed by atoms with van der Waals surface area (Å²) in [6, 6.07) is 10.6. The highest BCUT2D eigenvalue weighted by Gasteiger charge is 2.36. The van der Waals surface area contributed by atoms with Gasteiger partial charge in [-0.25, -0.2) is 0 Å². The highest BCUT2D eigenvalue weighted by molar-refractivity contribution is 5.77. The van der Waals surface area contributed by atoms with Crippen molar-refractivity contribution in [1.82, 2.24) is 0 Å². The van der Waals surface area contributed by atoms with E-state index in [2.05, 4.69) is 35.3 Å². The van der Waals surface area contributed by atoms with E-state index in [4.69, 9.17) is 4.74 Å². The highest BCUT2D eigenvalue weighted by atomic mass is 16.5. The molecule has 2 heteroatoms. The molecule has 19 heavy (non-hydrogen) atoms. The third-order valence-electron chi connectivity index (χ3n) is 4.43. The molecule has 1 aliphatic heterocycles. The molecule has 1 saturated carbocycles. The molecule has 0 aromatic heterocycles. The first kappa shape index (κ1) is 12.7. The third-order valence-corrected chi connectivity index (χ3v) is 4.43. The molecular formula is C17H23NO. The topological polar surface area (TPSA) is 21.6 Å². The van der Waals surface area contributed by atoms with E-state index in [9.17, 15) is 0 Å². The number of rotatable bonds is 3. The lowest BCUT2D eigenvalue weighted by atomic mass is 9.81. The lowest BCUT2D eigenvalue weighted by Gasteiger charge is -2.40. The van der Waals surface area contributed by atoms with E-state index in [-0.39, 0.29) is 5.60 Å². The van der Waals surface area contributed by atoms with Crippen LogP contribution in [0.3, 0.4) is 0 Å². The van der Waals surface area contributed by atoms with Gasteiger partial charge in [0.25, 0.3) is 0 Å². The average Bonchev–Trinajstić information content (AvgIpc) is 2.47. The van der Waals surface area contributed by atoms with Gasteiger partial charge >= 0.3 is 0 Å². The summed E-state index contributed by atoms with van der Waals surface area (Å²) in [7, 11) is 0. The van der Waals surface area contributed by atoms with Gasteiger partial charge in [0.05, 0.1) is 0 Å². The summed E-state index contributed by atoms with van der Waals surface area (Å²) in [6.45, 7) is 0.962. The zero-order valence-electron chi connectivity index (χ0n) is 11.6. The molecule has 0 N–H and O–H groups in total. The van der Waals surface area contributed by atoms with E-state index in [0.717, 1.165) is 31.7 Å². The Morgan fingerprint density at radius 1 is 0.947 bits per heavy atom. The maximum atomic E-state index is 6.29. The fourth-order valence-corrected chi connectivity index (χ4v) is 3.29. The Morgan fingerprint density at radius 3 is 2.53 bits per heavy atom. The molecule has 2 aliphatic rings. The quantitative estimate of drug-likeness (QED) is 0.797. The van der Waals surface area contributed by atoms with Crippen LogP contribution in [0.1, 0.15) is 50.5 Å². The molecule has 1 spiro atoms. The maximum Gasteiger partial charge on any atom is 0.184 e. The Hall–Kier alpha value is -1.31. The first-order valence-corrected chi connectivity index (χ1v) is 7.63. The van der Waals surface area contributed by atoms with Gasteiger partial charge < -0.3 is 4.74 Å². The number of ether oxygens (including phenoxy) is 1. The van der Waals surface area contributed by atoms with Crippen LogP contribution in [-0.2, 0) is 11.2 Å². The van der Waals surface area contributed by atoms with Crippen molar-refractivity contribution >= 4 is 5.90 Å². The van der Waals surface area contributed by atoms with Gasteiger partial charge in [-0.2, -0.15) is 0 Å². The molecule has 2 nitrogen and oxygen atoms in total. The molecule has 3 rings (SSSR count). The van der Waals surface area contributed by atoms with Gasteiger partial charge in [-0.15, -0.1) is 0 Å². The Balaban J connectivity index is 1.58. The van der Waals surface area contributed by atoms with Gasteiger partial charge in [0.1, 0.15) is 5.60 Å². The lowest BCUT2D eigenvalue weighted by Crippen LogP contribution is -2.40. The minimum absolute atomic E-state index is 0.145. The van der Waals surface area contributed by atoms with E-state index in [1.54, 1.807) is 0 Å². The second-order valence-electron chi connectivity index (χ2n) is 5.86. The van der Waals surface area contributed by atoms with Crippen molar-refractivity contribution in [2.24, 2.45) is 4.99 Å². The number of benzene rings is 1. The molecule has 0 atom stereocenters. The molecule has 0 saturated heterocycles. The molecule has 1 aliphatic carbocycles. The number of aryl methyl sites for hydroxylation is 1. The molecule has 1 aromatic carbocycles. The predicted octanol–water partition coefficient (Wildman–Crippen LogP) is 4.14. The van der Waals surface area contributed by atoms with Crippen LogP contribution < -0.4 is 0 Å². The first-order chi connectivity index (χ1) is 9.36. The lowest BCUT2D eigenvalue weighted by molar-refractivity contribution is 0.000290. The number of hydrogen-bond donors (Lipinski definition) is 0. The Morgan fingerprint density at radius 2 is 1.74 bits per heavy atom. The molecule has 0 unspecified atom stereocenters. The predicted molar refractivity (Wildman–Crippen MR) is 78.6 cm³/mol. The Labute approximate surface area is 115 Å². The second-order valence-corrected chi connectivity index (χ2v) is 5.86. The van der Waals surface area contributed by atoms with Crippen LogP contribution >= 0.6 is 0 Å². The van der Waals surface area contributed by atoms with Crippen molar-refractivity contribution in [3.05, 3.63) is 35.9 Å². The molecule has 1 aromatic rings. The molecule has 1 fully saturated rings. The first-order valence-electron chi connectivity index (χ1n) is 7.63. The molecule has 0 bridgehead atoms. The summed E-state index contributed by atoms with van der Waals surface area (Å²) < 4.78 is 6.29. The fourth-order valence-electron chi connectivity index (χ4n) is 3.29. The fraction of sp³-hybridized carbons (Fsp3) is 0.588. The molecule has 0 radical (unpaired) electrons. The van der Waals surface area contributed by atoms with E-state index in [1.807, 2.05) is 0 Å². The van der Waals surface area contributed by atoms with Crippen molar-refractivity contribution in [2.45, 2.75) is 57.0 Å². The normalized spacial score (nSPS) is 21.8. The third kappa shape index (κ3) is 3.17. The maximum absolute atomic E-state index is 6.29. The zero-order chi connectivity index (χ0) is 13.0. The molecule has 0 amide bonds. The minimum atomic E-state index is 0.145. The van der Waals surface area contributed by atoms with Gasteiger partial charge in [0, 0.05) is 19.4 Å². The highest BCUT2D eigenvalue weighted by Crippen LogP contribution is 2.36. The summed E-state index contributed by atoms with van der Waals surface area (Å²) in [5, 5.41) is 0. The van der Waals surface area contributed by atoms with E-state index in [0.29, 0.717) is 0 Å². The second kappa shape index (κ2) is 5.77. The summed E-state index contributed by atoms with van der Waals surface area (Å²) >= 11 is 0. The molecular weight excluding hydrogens is 234 g/mol. The summed E-state index contributed by atoms with van der Waals surface area (Å²) in [5.74, 6) is 0.997. The van der Waals surface area contributed by atoms with Gasteiger partial charge in [-0.1, -0.05) is 36.8 Å². The van der Waals surface area contributed by atoms with Crippen LogP contribution in [0.4, 0.5) is 0 Å². The largest absolute Gasteiger partial charge is 0.474 e. The SMILES string of the molecule is c1ccc(CCC2=NCCC3(CCCCC3)O2)cc1. The van der Waals surface area contributed by atoms with Gasteiger partial charge in [0.15, 0.2) is 5.90 Å². The summed E-state index contributed by atoms with van der Waals surface area (Å²) in [6.07, 6.45) is 9.61. The van der Waals surface area contributed by atoms with Crippen molar-refractivity contribution in [1.29, 1.82) is 0 Å². The van der Waals surface area contributed by atoms with Gasteiger partial charge in [-0.3, -0.25) is 4.99 Å². The van der Waals surface area contributed by atoms with E-state index in [1.165, 1.54) is 37.7 Å². The number of nitrogens with zero attached hydrogens (tertiary/aromatic N) is 1. The van der Waals surface area contributed by atoms with Crippen LogP contribution in [0, 0.1) is 0 Å². The van der Waals surface area contributed by atoms with Crippen LogP contribution in [0.25, 0.3) is 0 Å². The van der Waals surface area contributed by atoms with Crippen molar-refractivity contribution in [3.8, 4) is 0 Å². The molecule has 1 heterocycles. The van der Waals surface area contributed by atoms with Crippen LogP contribution in [0.2, 0.25) is 0 Å². The molecule has 102 valence electrons. The minimum Gasteiger partial charge on any atom is -0.474 e. The van der Waals surface area contributed by atoms with Crippen LogP contribution in [0.15, 0.2) is 35.3 Å². The number of hydrogen-bond acceptors (Lipinski definition) is 2. The van der Waals surface area contributed by atoms with E-state index >= 15 is 0 Å². The monoisotopic (exact) mass is 257 g/mol. The summed E-state index contributed by atoms with van der Waals surface area (Å²) in [5.41, 5.74) is 1.52.